The third kappa shape index (κ3) is 2.68. The molecular weight excluding hydrogens is 228 g/mol. The molecular formula is C14H24N2O2. The van der Waals surface area contributed by atoms with Crippen molar-refractivity contribution in [2.75, 3.05) is 6.54 Å². The molecule has 0 aromatic heterocycles. The zero-order valence-electron chi connectivity index (χ0n) is 11.6. The van der Waals surface area contributed by atoms with E-state index in [1.807, 2.05) is 13.8 Å². The van der Waals surface area contributed by atoms with Crippen LogP contribution in [0.2, 0.25) is 0 Å². The Bertz CT molecular complexity index is 339. The minimum atomic E-state index is -0.321. The van der Waals surface area contributed by atoms with Gasteiger partial charge < -0.3 is 10.2 Å². The summed E-state index contributed by atoms with van der Waals surface area (Å²) in [7, 11) is 0. The van der Waals surface area contributed by atoms with Gasteiger partial charge in [-0.1, -0.05) is 33.1 Å². The molecule has 0 aromatic carbocycles. The van der Waals surface area contributed by atoms with Gasteiger partial charge in [0.2, 0.25) is 11.8 Å². The van der Waals surface area contributed by atoms with E-state index in [4.69, 9.17) is 0 Å². The van der Waals surface area contributed by atoms with Gasteiger partial charge in [0.1, 0.15) is 12.1 Å². The summed E-state index contributed by atoms with van der Waals surface area (Å²) in [6.07, 6.45) is 4.53. The highest BCUT2D eigenvalue weighted by Gasteiger charge is 2.40. The maximum atomic E-state index is 12.4. The van der Waals surface area contributed by atoms with Gasteiger partial charge in [-0.3, -0.25) is 9.59 Å². The van der Waals surface area contributed by atoms with Crippen LogP contribution in [-0.4, -0.2) is 35.3 Å². The fraction of sp³-hybridized carbons (Fsp3) is 0.857. The lowest BCUT2D eigenvalue weighted by molar-refractivity contribution is -0.150. The first-order chi connectivity index (χ1) is 8.54. The first kappa shape index (κ1) is 13.4. The van der Waals surface area contributed by atoms with Crippen LogP contribution in [0, 0.1) is 11.8 Å². The lowest BCUT2D eigenvalue weighted by Crippen LogP contribution is -2.64. The highest BCUT2D eigenvalue weighted by Crippen LogP contribution is 2.33. The van der Waals surface area contributed by atoms with E-state index in [9.17, 15) is 9.59 Å². The van der Waals surface area contributed by atoms with Crippen molar-refractivity contribution < 1.29 is 9.59 Å². The van der Waals surface area contributed by atoms with Crippen molar-refractivity contribution in [3.63, 3.8) is 0 Å². The standard InChI is InChI=1S/C14H24N2O2/c1-4-9(2)12-14(18)16(8-7-11-5-6-11)10(3)13(17)15-12/h9-12H,4-8H2,1-3H3,(H,15,17). The van der Waals surface area contributed by atoms with Crippen molar-refractivity contribution in [2.24, 2.45) is 11.8 Å². The molecule has 0 radical (unpaired) electrons. The predicted molar refractivity (Wildman–Crippen MR) is 69.9 cm³/mol. The molecule has 3 unspecified atom stereocenters. The lowest BCUT2D eigenvalue weighted by Gasteiger charge is -2.39. The lowest BCUT2D eigenvalue weighted by atomic mass is 9.94. The molecule has 1 saturated carbocycles. The van der Waals surface area contributed by atoms with Gasteiger partial charge in [-0.15, -0.1) is 0 Å². The quantitative estimate of drug-likeness (QED) is 0.807. The van der Waals surface area contributed by atoms with Crippen LogP contribution in [0.3, 0.4) is 0 Å². The summed E-state index contributed by atoms with van der Waals surface area (Å²) in [6, 6.07) is -0.630. The number of amides is 2. The van der Waals surface area contributed by atoms with E-state index in [2.05, 4.69) is 12.2 Å². The summed E-state index contributed by atoms with van der Waals surface area (Å²) in [5.41, 5.74) is 0. The predicted octanol–water partition coefficient (Wildman–Crippen LogP) is 1.55. The van der Waals surface area contributed by atoms with Crippen molar-refractivity contribution in [3.8, 4) is 0 Å². The van der Waals surface area contributed by atoms with E-state index in [0.717, 1.165) is 25.3 Å². The Hall–Kier alpha value is -1.06. The smallest absolute Gasteiger partial charge is 0.246 e. The van der Waals surface area contributed by atoms with Crippen LogP contribution in [0.25, 0.3) is 0 Å². The molecule has 0 aromatic rings. The Kier molecular flexibility index (Phi) is 3.93. The molecule has 4 heteroatoms. The molecule has 2 amide bonds. The number of carbonyl (C=O) groups is 2. The number of carbonyl (C=O) groups excluding carboxylic acids is 2. The van der Waals surface area contributed by atoms with Crippen molar-refractivity contribution in [1.29, 1.82) is 0 Å². The van der Waals surface area contributed by atoms with Crippen LogP contribution in [0.1, 0.15) is 46.5 Å². The molecule has 18 heavy (non-hydrogen) atoms. The van der Waals surface area contributed by atoms with E-state index >= 15 is 0 Å². The second-order valence-electron chi connectivity index (χ2n) is 5.81. The third-order valence-electron chi connectivity index (χ3n) is 4.38. The summed E-state index contributed by atoms with van der Waals surface area (Å²) in [5.74, 6) is 1.10. The molecule has 1 aliphatic heterocycles. The molecule has 102 valence electrons. The summed E-state index contributed by atoms with van der Waals surface area (Å²) in [6.45, 7) is 6.65. The maximum Gasteiger partial charge on any atom is 0.246 e. The second kappa shape index (κ2) is 5.29. The zero-order valence-corrected chi connectivity index (χ0v) is 11.6. The minimum absolute atomic E-state index is 0.00398. The van der Waals surface area contributed by atoms with E-state index in [-0.39, 0.29) is 29.8 Å². The molecule has 1 saturated heterocycles. The largest absolute Gasteiger partial charge is 0.342 e. The zero-order chi connectivity index (χ0) is 13.3. The highest BCUT2D eigenvalue weighted by molar-refractivity contribution is 5.96. The average Bonchev–Trinajstić information content (AvgIpc) is 3.17. The molecule has 3 atom stereocenters. The van der Waals surface area contributed by atoms with Crippen LogP contribution in [0.15, 0.2) is 0 Å². The van der Waals surface area contributed by atoms with Gasteiger partial charge in [-0.25, -0.2) is 0 Å². The molecule has 0 spiro atoms. The molecule has 1 N–H and O–H groups in total. The number of nitrogens with zero attached hydrogens (tertiary/aromatic N) is 1. The minimum Gasteiger partial charge on any atom is -0.342 e. The Balaban J connectivity index is 2.03. The van der Waals surface area contributed by atoms with E-state index in [1.54, 1.807) is 4.90 Å². The monoisotopic (exact) mass is 252 g/mol. The van der Waals surface area contributed by atoms with Crippen molar-refractivity contribution in [3.05, 3.63) is 0 Å². The molecule has 2 fully saturated rings. The van der Waals surface area contributed by atoms with Crippen LogP contribution in [0.4, 0.5) is 0 Å². The van der Waals surface area contributed by atoms with Crippen LogP contribution in [0.5, 0.6) is 0 Å². The van der Waals surface area contributed by atoms with Gasteiger partial charge in [0.25, 0.3) is 0 Å². The van der Waals surface area contributed by atoms with Crippen LogP contribution >= 0.6 is 0 Å². The molecule has 1 heterocycles. The Labute approximate surface area is 109 Å². The van der Waals surface area contributed by atoms with Gasteiger partial charge in [-0.2, -0.15) is 0 Å². The first-order valence-corrected chi connectivity index (χ1v) is 7.15. The van der Waals surface area contributed by atoms with Gasteiger partial charge in [-0.05, 0) is 25.2 Å². The number of nitrogens with one attached hydrogen (secondary N) is 1. The molecule has 4 nitrogen and oxygen atoms in total. The summed E-state index contributed by atoms with van der Waals surface area (Å²) >= 11 is 0. The van der Waals surface area contributed by atoms with Gasteiger partial charge in [0, 0.05) is 6.54 Å². The molecule has 1 aliphatic carbocycles. The fourth-order valence-corrected chi connectivity index (χ4v) is 2.50. The van der Waals surface area contributed by atoms with E-state index in [0.29, 0.717) is 0 Å². The number of hydrogen-bond donors (Lipinski definition) is 1. The Morgan fingerprint density at radius 1 is 1.39 bits per heavy atom. The SMILES string of the molecule is CCC(C)C1NC(=O)C(C)N(CCC2CC2)C1=O. The highest BCUT2D eigenvalue weighted by atomic mass is 16.2. The second-order valence-corrected chi connectivity index (χ2v) is 5.81. The summed E-state index contributed by atoms with van der Waals surface area (Å²) in [5, 5.41) is 2.87. The van der Waals surface area contributed by atoms with Crippen molar-refractivity contribution in [2.45, 2.75) is 58.5 Å². The maximum absolute atomic E-state index is 12.4. The first-order valence-electron chi connectivity index (χ1n) is 7.15. The number of rotatable bonds is 5. The van der Waals surface area contributed by atoms with Crippen LogP contribution in [-0.2, 0) is 9.59 Å². The Morgan fingerprint density at radius 2 is 2.06 bits per heavy atom. The summed E-state index contributed by atoms with van der Waals surface area (Å²) < 4.78 is 0. The topological polar surface area (TPSA) is 49.4 Å². The van der Waals surface area contributed by atoms with Gasteiger partial charge in [0.05, 0.1) is 0 Å². The van der Waals surface area contributed by atoms with Crippen molar-refractivity contribution in [1.82, 2.24) is 10.2 Å². The van der Waals surface area contributed by atoms with E-state index < -0.39 is 0 Å². The van der Waals surface area contributed by atoms with Crippen molar-refractivity contribution >= 4 is 11.8 Å². The number of hydrogen-bond acceptors (Lipinski definition) is 2. The average molecular weight is 252 g/mol. The van der Waals surface area contributed by atoms with Gasteiger partial charge in [0.15, 0.2) is 0 Å². The molecule has 2 aliphatic rings. The Morgan fingerprint density at radius 3 is 2.61 bits per heavy atom. The number of piperazine rings is 1. The van der Waals surface area contributed by atoms with Gasteiger partial charge >= 0.3 is 0 Å². The third-order valence-corrected chi connectivity index (χ3v) is 4.38. The summed E-state index contributed by atoms with van der Waals surface area (Å²) in [4.78, 5) is 26.1. The molecule has 2 rings (SSSR count). The molecule has 0 bridgehead atoms. The van der Waals surface area contributed by atoms with E-state index in [1.165, 1.54) is 12.8 Å². The normalized spacial score (nSPS) is 30.3. The van der Waals surface area contributed by atoms with Crippen LogP contribution < -0.4 is 5.32 Å². The fourth-order valence-electron chi connectivity index (χ4n) is 2.50.